The summed E-state index contributed by atoms with van der Waals surface area (Å²) in [5, 5.41) is 2.89. The molecular formula is C18H26ClN3O2. The van der Waals surface area contributed by atoms with E-state index in [1.165, 1.54) is 0 Å². The fraction of sp³-hybridized carbons (Fsp3) is 0.556. The molecule has 1 saturated carbocycles. The molecule has 1 aromatic rings. The Bertz CT molecular complexity index is 586. The molecule has 132 valence electrons. The van der Waals surface area contributed by atoms with E-state index in [2.05, 4.69) is 12.2 Å². The van der Waals surface area contributed by atoms with Crippen LogP contribution in [0.4, 0.5) is 5.69 Å². The Morgan fingerprint density at radius 2 is 1.88 bits per heavy atom. The second-order valence-corrected chi connectivity index (χ2v) is 6.86. The Morgan fingerprint density at radius 1 is 1.21 bits per heavy atom. The van der Waals surface area contributed by atoms with Gasteiger partial charge in [-0.25, -0.2) is 0 Å². The van der Waals surface area contributed by atoms with E-state index in [9.17, 15) is 9.59 Å². The number of nitrogens with one attached hydrogen (secondary N) is 1. The Morgan fingerprint density at radius 3 is 2.46 bits per heavy atom. The molecule has 0 radical (unpaired) electrons. The Hall–Kier alpha value is -1.59. The maximum atomic E-state index is 12.7. The number of rotatable bonds is 4. The summed E-state index contributed by atoms with van der Waals surface area (Å²) < 4.78 is 0. The van der Waals surface area contributed by atoms with Gasteiger partial charge in [0.15, 0.2) is 0 Å². The summed E-state index contributed by atoms with van der Waals surface area (Å²) in [6.45, 7) is 3.48. The van der Waals surface area contributed by atoms with Crippen molar-refractivity contribution in [3.8, 4) is 0 Å². The maximum Gasteiger partial charge on any atom is 0.254 e. The van der Waals surface area contributed by atoms with Crippen molar-refractivity contribution in [2.75, 3.05) is 18.4 Å². The number of hydrogen-bond acceptors (Lipinski definition) is 3. The van der Waals surface area contributed by atoms with E-state index >= 15 is 0 Å². The summed E-state index contributed by atoms with van der Waals surface area (Å²) >= 11 is 0. The van der Waals surface area contributed by atoms with Crippen LogP contribution >= 0.6 is 12.4 Å². The predicted octanol–water partition coefficient (Wildman–Crippen LogP) is 2.66. The zero-order valence-electron chi connectivity index (χ0n) is 14.0. The molecule has 3 rings (SSSR count). The third-order valence-electron chi connectivity index (χ3n) is 4.86. The minimum atomic E-state index is 0. The SMILES string of the molecule is CC1CCN(C(=O)c2ccc(NC(=O)C3CC3)cc2)C(CN)C1.Cl. The van der Waals surface area contributed by atoms with Crippen molar-refractivity contribution >= 4 is 29.9 Å². The monoisotopic (exact) mass is 351 g/mol. The highest BCUT2D eigenvalue weighted by molar-refractivity contribution is 5.97. The normalized spacial score (nSPS) is 23.3. The van der Waals surface area contributed by atoms with Crippen LogP contribution in [0.1, 0.15) is 43.0 Å². The molecule has 0 spiro atoms. The molecule has 1 saturated heterocycles. The largest absolute Gasteiger partial charge is 0.334 e. The zero-order chi connectivity index (χ0) is 16.4. The van der Waals surface area contributed by atoms with E-state index in [0.29, 0.717) is 18.0 Å². The van der Waals surface area contributed by atoms with Gasteiger partial charge in [0.1, 0.15) is 0 Å². The minimum absolute atomic E-state index is 0. The summed E-state index contributed by atoms with van der Waals surface area (Å²) in [5.74, 6) is 0.911. The second kappa shape index (κ2) is 7.99. The standard InChI is InChI=1S/C18H25N3O2.ClH/c1-12-8-9-21(16(10-12)11-19)18(23)14-4-6-15(7-5-14)20-17(22)13-2-3-13;/h4-7,12-13,16H,2-3,8-11,19H2,1H3,(H,20,22);1H. The lowest BCUT2D eigenvalue weighted by Crippen LogP contribution is -2.49. The van der Waals surface area contributed by atoms with Gasteiger partial charge in [-0.2, -0.15) is 0 Å². The first kappa shape index (κ1) is 18.7. The molecule has 0 bridgehead atoms. The molecule has 2 aliphatic rings. The predicted molar refractivity (Wildman–Crippen MR) is 97.3 cm³/mol. The number of halogens is 1. The number of carbonyl (C=O) groups excluding carboxylic acids is 2. The number of carbonyl (C=O) groups is 2. The number of benzene rings is 1. The first-order valence-corrected chi connectivity index (χ1v) is 8.50. The first-order valence-electron chi connectivity index (χ1n) is 8.50. The van der Waals surface area contributed by atoms with Crippen LogP contribution in [0.2, 0.25) is 0 Å². The van der Waals surface area contributed by atoms with E-state index in [0.717, 1.165) is 37.9 Å². The second-order valence-electron chi connectivity index (χ2n) is 6.86. The molecular weight excluding hydrogens is 326 g/mol. The van der Waals surface area contributed by atoms with Crippen LogP contribution in [-0.4, -0.2) is 35.8 Å². The number of hydrogen-bond donors (Lipinski definition) is 2. The van der Waals surface area contributed by atoms with Gasteiger partial charge in [0.2, 0.25) is 5.91 Å². The molecule has 1 heterocycles. The van der Waals surface area contributed by atoms with Gasteiger partial charge in [-0.1, -0.05) is 6.92 Å². The van der Waals surface area contributed by atoms with Gasteiger partial charge in [0, 0.05) is 36.3 Å². The molecule has 0 aromatic heterocycles. The van der Waals surface area contributed by atoms with Crippen LogP contribution in [-0.2, 0) is 4.79 Å². The minimum Gasteiger partial charge on any atom is -0.334 e. The summed E-state index contributed by atoms with van der Waals surface area (Å²) in [4.78, 5) is 26.4. The van der Waals surface area contributed by atoms with Crippen molar-refractivity contribution in [2.24, 2.45) is 17.6 Å². The Balaban J connectivity index is 0.00000208. The Labute approximate surface area is 149 Å². The fourth-order valence-electron chi connectivity index (χ4n) is 3.19. The highest BCUT2D eigenvalue weighted by Crippen LogP contribution is 2.30. The molecule has 6 heteroatoms. The maximum absolute atomic E-state index is 12.7. The van der Waals surface area contributed by atoms with Crippen molar-refractivity contribution in [1.29, 1.82) is 0 Å². The first-order chi connectivity index (χ1) is 11.1. The molecule has 3 N–H and O–H groups in total. The van der Waals surface area contributed by atoms with E-state index in [-0.39, 0.29) is 36.2 Å². The molecule has 2 atom stereocenters. The fourth-order valence-corrected chi connectivity index (χ4v) is 3.19. The molecule has 1 aromatic carbocycles. The average molecular weight is 352 g/mol. The lowest BCUT2D eigenvalue weighted by Gasteiger charge is -2.38. The summed E-state index contributed by atoms with van der Waals surface area (Å²) in [6.07, 6.45) is 3.96. The molecule has 2 fully saturated rings. The number of amides is 2. The highest BCUT2D eigenvalue weighted by Gasteiger charge is 2.30. The molecule has 2 unspecified atom stereocenters. The molecule has 1 aliphatic heterocycles. The number of nitrogens with two attached hydrogens (primary N) is 1. The van der Waals surface area contributed by atoms with Crippen LogP contribution in [0, 0.1) is 11.8 Å². The molecule has 2 amide bonds. The third kappa shape index (κ3) is 4.28. The van der Waals surface area contributed by atoms with Crippen LogP contribution in [0.3, 0.4) is 0 Å². The van der Waals surface area contributed by atoms with E-state index in [1.807, 2.05) is 4.90 Å². The lowest BCUT2D eigenvalue weighted by molar-refractivity contribution is -0.117. The lowest BCUT2D eigenvalue weighted by atomic mass is 9.92. The third-order valence-corrected chi connectivity index (χ3v) is 4.86. The zero-order valence-corrected chi connectivity index (χ0v) is 14.8. The summed E-state index contributed by atoms with van der Waals surface area (Å²) in [7, 11) is 0. The quantitative estimate of drug-likeness (QED) is 0.875. The van der Waals surface area contributed by atoms with Crippen LogP contribution in [0.25, 0.3) is 0 Å². The van der Waals surface area contributed by atoms with E-state index in [1.54, 1.807) is 24.3 Å². The Kier molecular flexibility index (Phi) is 6.24. The summed E-state index contributed by atoms with van der Waals surface area (Å²) in [6, 6.07) is 7.31. The van der Waals surface area contributed by atoms with Gasteiger partial charge in [0.25, 0.3) is 5.91 Å². The van der Waals surface area contributed by atoms with Crippen molar-refractivity contribution in [3.05, 3.63) is 29.8 Å². The number of piperidine rings is 1. The van der Waals surface area contributed by atoms with Gasteiger partial charge in [0.05, 0.1) is 0 Å². The topological polar surface area (TPSA) is 75.4 Å². The van der Waals surface area contributed by atoms with Crippen LogP contribution < -0.4 is 11.1 Å². The number of nitrogens with zero attached hydrogens (tertiary/aromatic N) is 1. The van der Waals surface area contributed by atoms with Crippen molar-refractivity contribution < 1.29 is 9.59 Å². The summed E-state index contributed by atoms with van der Waals surface area (Å²) in [5.41, 5.74) is 7.25. The number of likely N-dealkylation sites (tertiary alicyclic amines) is 1. The smallest absolute Gasteiger partial charge is 0.254 e. The highest BCUT2D eigenvalue weighted by atomic mass is 35.5. The van der Waals surface area contributed by atoms with Gasteiger partial charge in [-0.05, 0) is 55.9 Å². The van der Waals surface area contributed by atoms with Crippen molar-refractivity contribution in [2.45, 2.75) is 38.6 Å². The van der Waals surface area contributed by atoms with Crippen LogP contribution in [0.5, 0.6) is 0 Å². The van der Waals surface area contributed by atoms with E-state index < -0.39 is 0 Å². The molecule has 1 aliphatic carbocycles. The molecule has 5 nitrogen and oxygen atoms in total. The van der Waals surface area contributed by atoms with E-state index in [4.69, 9.17) is 5.73 Å². The van der Waals surface area contributed by atoms with Crippen LogP contribution in [0.15, 0.2) is 24.3 Å². The average Bonchev–Trinajstić information content (AvgIpc) is 3.39. The van der Waals surface area contributed by atoms with Gasteiger partial charge >= 0.3 is 0 Å². The number of anilines is 1. The van der Waals surface area contributed by atoms with Gasteiger partial charge in [-0.3, -0.25) is 9.59 Å². The molecule has 24 heavy (non-hydrogen) atoms. The van der Waals surface area contributed by atoms with Crippen molar-refractivity contribution in [3.63, 3.8) is 0 Å². The van der Waals surface area contributed by atoms with Gasteiger partial charge < -0.3 is 16.0 Å². The van der Waals surface area contributed by atoms with Crippen molar-refractivity contribution in [1.82, 2.24) is 4.90 Å². The van der Waals surface area contributed by atoms with Gasteiger partial charge in [-0.15, -0.1) is 12.4 Å².